The molecular weight excluding hydrogens is 335 g/mol. The van der Waals surface area contributed by atoms with Crippen LogP contribution in [0.2, 0.25) is 0 Å². The number of ether oxygens (including phenoxy) is 1. The van der Waals surface area contributed by atoms with E-state index in [-0.39, 0.29) is 34.5 Å². The number of aromatic nitrogens is 1. The van der Waals surface area contributed by atoms with Gasteiger partial charge in [-0.2, -0.15) is 10.2 Å². The van der Waals surface area contributed by atoms with Gasteiger partial charge in [0.05, 0.1) is 11.3 Å². The smallest absolute Gasteiger partial charge is 0.227 e. The Bertz CT molecular complexity index is 1070. The molecule has 2 heterocycles. The molecule has 0 aliphatic carbocycles. The molecule has 5 N–H and O–H groups in total. The van der Waals surface area contributed by atoms with Crippen LogP contribution in [0.25, 0.3) is 0 Å². The van der Waals surface area contributed by atoms with Crippen LogP contribution in [0.1, 0.15) is 28.2 Å². The van der Waals surface area contributed by atoms with Gasteiger partial charge in [-0.15, -0.1) is 0 Å². The van der Waals surface area contributed by atoms with Crippen molar-refractivity contribution in [1.29, 1.82) is 5.26 Å². The molecule has 1 aromatic heterocycles. The number of aromatic hydroxyl groups is 1. The lowest BCUT2D eigenvalue weighted by atomic mass is 9.82. The fraction of sp³-hybridized carbons (Fsp3) is 0.0526. The maximum atomic E-state index is 13.4. The van der Waals surface area contributed by atoms with Gasteiger partial charge in [-0.3, -0.25) is 0 Å². The fourth-order valence-corrected chi connectivity index (χ4v) is 3.20. The summed E-state index contributed by atoms with van der Waals surface area (Å²) >= 11 is 0. The first-order chi connectivity index (χ1) is 12.5. The van der Waals surface area contributed by atoms with Crippen molar-refractivity contribution in [3.8, 4) is 23.4 Å². The number of phenolic OH excluding ortho intramolecular Hbond substituents is 1. The second-order valence-electron chi connectivity index (χ2n) is 5.93. The molecular formula is C19H13FN4O2. The largest absolute Gasteiger partial charge is 0.508 e. The number of benzene rings is 2. The van der Waals surface area contributed by atoms with Gasteiger partial charge < -0.3 is 21.3 Å². The van der Waals surface area contributed by atoms with Gasteiger partial charge >= 0.3 is 0 Å². The Morgan fingerprint density at radius 2 is 1.88 bits per heavy atom. The summed E-state index contributed by atoms with van der Waals surface area (Å²) in [5, 5.41) is 19.1. The second-order valence-corrected chi connectivity index (χ2v) is 5.93. The molecule has 1 aliphatic heterocycles. The van der Waals surface area contributed by atoms with E-state index < -0.39 is 5.92 Å². The molecule has 2 aromatic carbocycles. The number of phenols is 1. The third-order valence-electron chi connectivity index (χ3n) is 4.39. The third-order valence-corrected chi connectivity index (χ3v) is 4.39. The van der Waals surface area contributed by atoms with E-state index in [0.29, 0.717) is 16.9 Å². The van der Waals surface area contributed by atoms with Crippen LogP contribution in [0, 0.1) is 17.1 Å². The lowest BCUT2D eigenvalue weighted by molar-refractivity contribution is 0.424. The molecule has 3 aromatic rings. The van der Waals surface area contributed by atoms with Gasteiger partial charge in [0.2, 0.25) is 5.88 Å². The van der Waals surface area contributed by atoms with Crippen LogP contribution in [-0.4, -0.2) is 10.1 Å². The summed E-state index contributed by atoms with van der Waals surface area (Å²) in [6, 6.07) is 12.6. The van der Waals surface area contributed by atoms with Crippen LogP contribution < -0.4 is 16.2 Å². The molecule has 0 bridgehead atoms. The van der Waals surface area contributed by atoms with Gasteiger partial charge in [0.15, 0.2) is 0 Å². The molecule has 0 saturated heterocycles. The summed E-state index contributed by atoms with van der Waals surface area (Å²) in [5.74, 6) is -0.276. The number of nitriles is 1. The highest BCUT2D eigenvalue weighted by molar-refractivity contribution is 5.75. The first kappa shape index (κ1) is 15.7. The first-order valence-electron chi connectivity index (χ1n) is 7.74. The van der Waals surface area contributed by atoms with Crippen molar-refractivity contribution < 1.29 is 14.2 Å². The molecule has 128 valence electrons. The van der Waals surface area contributed by atoms with Crippen LogP contribution in [0.5, 0.6) is 17.4 Å². The molecule has 1 atom stereocenters. The predicted octanol–water partition coefficient (Wildman–Crippen LogP) is 3.25. The van der Waals surface area contributed by atoms with Crippen molar-refractivity contribution in [2.24, 2.45) is 0 Å². The number of anilines is 2. The van der Waals surface area contributed by atoms with E-state index in [1.165, 1.54) is 24.3 Å². The molecule has 7 heteroatoms. The third kappa shape index (κ3) is 2.28. The van der Waals surface area contributed by atoms with E-state index in [1.54, 1.807) is 18.2 Å². The molecule has 0 spiro atoms. The zero-order chi connectivity index (χ0) is 18.4. The van der Waals surface area contributed by atoms with Gasteiger partial charge in [-0.1, -0.05) is 18.2 Å². The van der Waals surface area contributed by atoms with Crippen molar-refractivity contribution in [3.05, 3.63) is 70.5 Å². The van der Waals surface area contributed by atoms with Crippen LogP contribution in [-0.2, 0) is 0 Å². The average molecular weight is 348 g/mol. The maximum Gasteiger partial charge on any atom is 0.227 e. The van der Waals surface area contributed by atoms with Crippen molar-refractivity contribution in [1.82, 2.24) is 4.98 Å². The van der Waals surface area contributed by atoms with E-state index in [4.69, 9.17) is 16.2 Å². The Hall–Kier alpha value is -3.79. The van der Waals surface area contributed by atoms with Gasteiger partial charge in [0.25, 0.3) is 0 Å². The van der Waals surface area contributed by atoms with Gasteiger partial charge in [-0.25, -0.2) is 4.39 Å². The lowest BCUT2D eigenvalue weighted by Crippen LogP contribution is -2.17. The van der Waals surface area contributed by atoms with Gasteiger partial charge in [0.1, 0.15) is 34.8 Å². The van der Waals surface area contributed by atoms with Crippen molar-refractivity contribution in [2.45, 2.75) is 5.92 Å². The van der Waals surface area contributed by atoms with Crippen molar-refractivity contribution in [3.63, 3.8) is 0 Å². The monoisotopic (exact) mass is 348 g/mol. The van der Waals surface area contributed by atoms with Crippen molar-refractivity contribution >= 4 is 11.5 Å². The zero-order valence-corrected chi connectivity index (χ0v) is 13.4. The summed E-state index contributed by atoms with van der Waals surface area (Å²) in [6.45, 7) is 0. The first-order valence-corrected chi connectivity index (χ1v) is 7.74. The van der Waals surface area contributed by atoms with E-state index in [1.807, 2.05) is 6.07 Å². The molecule has 6 nitrogen and oxygen atoms in total. The summed E-state index contributed by atoms with van der Waals surface area (Å²) < 4.78 is 19.2. The van der Waals surface area contributed by atoms with Crippen LogP contribution in [0.15, 0.2) is 42.5 Å². The molecule has 0 radical (unpaired) electrons. The van der Waals surface area contributed by atoms with E-state index in [0.717, 1.165) is 5.56 Å². The number of nitrogens with two attached hydrogens (primary N) is 2. The summed E-state index contributed by atoms with van der Waals surface area (Å²) in [6.07, 6.45) is 0. The highest BCUT2D eigenvalue weighted by Crippen LogP contribution is 2.50. The lowest BCUT2D eigenvalue weighted by Gasteiger charge is -2.29. The number of nitrogen functional groups attached to an aromatic ring is 2. The number of fused-ring (bicyclic) bond motifs is 2. The Labute approximate surface area is 148 Å². The Balaban J connectivity index is 2.04. The fourth-order valence-electron chi connectivity index (χ4n) is 3.20. The highest BCUT2D eigenvalue weighted by atomic mass is 19.1. The summed E-state index contributed by atoms with van der Waals surface area (Å²) in [7, 11) is 0. The minimum absolute atomic E-state index is 0.0274. The minimum Gasteiger partial charge on any atom is -0.508 e. The Morgan fingerprint density at radius 1 is 1.15 bits per heavy atom. The van der Waals surface area contributed by atoms with Crippen molar-refractivity contribution in [2.75, 3.05) is 11.5 Å². The summed E-state index contributed by atoms with van der Waals surface area (Å²) in [4.78, 5) is 4.16. The number of rotatable bonds is 1. The quantitative estimate of drug-likeness (QED) is 0.486. The molecule has 0 unspecified atom stereocenters. The van der Waals surface area contributed by atoms with Crippen LogP contribution in [0.3, 0.4) is 0 Å². The molecule has 0 saturated carbocycles. The van der Waals surface area contributed by atoms with E-state index in [2.05, 4.69) is 4.98 Å². The minimum atomic E-state index is -0.449. The Morgan fingerprint density at radius 3 is 2.58 bits per heavy atom. The summed E-state index contributed by atoms with van der Waals surface area (Å²) in [5.41, 5.74) is 14.2. The molecule has 0 fully saturated rings. The van der Waals surface area contributed by atoms with Crippen LogP contribution >= 0.6 is 0 Å². The highest BCUT2D eigenvalue weighted by Gasteiger charge is 2.34. The normalized spacial score (nSPS) is 14.7. The number of hydrogen-bond acceptors (Lipinski definition) is 6. The molecule has 26 heavy (non-hydrogen) atoms. The molecule has 1 aliphatic rings. The van der Waals surface area contributed by atoms with E-state index >= 15 is 0 Å². The van der Waals surface area contributed by atoms with Gasteiger partial charge in [0, 0.05) is 17.5 Å². The number of pyridine rings is 1. The standard InChI is InChI=1S/C19H13FN4O2/c20-10-3-1-9(2-4-10)15-12-6-5-11(25)7-14(12)26-19-16(15)17(22)13(8-21)18(23)24-19/h1-7,15,25H,(H4,22,23,24)/t15-/m0/s1. The van der Waals surface area contributed by atoms with Gasteiger partial charge in [-0.05, 0) is 23.8 Å². The second kappa shape index (κ2) is 5.63. The maximum absolute atomic E-state index is 13.4. The number of nitrogens with zero attached hydrogens (tertiary/aromatic N) is 2. The molecule has 0 amide bonds. The SMILES string of the molecule is N#Cc1c(N)nc2c(c1N)[C@@H](c1ccc(F)cc1)c1ccc(O)cc1O2. The zero-order valence-electron chi connectivity index (χ0n) is 13.4. The average Bonchev–Trinajstić information content (AvgIpc) is 2.61. The Kier molecular flexibility index (Phi) is 3.41. The number of halogens is 1. The number of hydrogen-bond donors (Lipinski definition) is 3. The van der Waals surface area contributed by atoms with E-state index in [9.17, 15) is 14.8 Å². The topological polar surface area (TPSA) is 118 Å². The van der Waals surface area contributed by atoms with Crippen LogP contribution in [0.4, 0.5) is 15.9 Å². The molecule has 4 rings (SSSR count). The predicted molar refractivity (Wildman–Crippen MR) is 93.3 cm³/mol.